The van der Waals surface area contributed by atoms with Crippen molar-refractivity contribution in [2.45, 2.75) is 12.8 Å². The summed E-state index contributed by atoms with van der Waals surface area (Å²) in [5, 5.41) is 13.6. The van der Waals surface area contributed by atoms with Crippen LogP contribution >= 0.6 is 0 Å². The second-order valence-corrected chi connectivity index (χ2v) is 9.12. The summed E-state index contributed by atoms with van der Waals surface area (Å²) in [6, 6.07) is 23.2. The van der Waals surface area contributed by atoms with Crippen molar-refractivity contribution in [2.24, 2.45) is 5.41 Å². The van der Waals surface area contributed by atoms with Crippen molar-refractivity contribution in [1.29, 1.82) is 0 Å². The number of pyridine rings is 1. The first-order chi connectivity index (χ1) is 19.0. The first-order valence-corrected chi connectivity index (χ1v) is 12.4. The molecule has 0 aliphatic heterocycles. The lowest BCUT2D eigenvalue weighted by atomic mass is 10.1. The molecule has 8 nitrogen and oxygen atoms in total. The number of fused-ring (bicyclic) bond motifs is 1. The van der Waals surface area contributed by atoms with E-state index in [1.165, 1.54) is 24.3 Å². The molecule has 5 aromatic rings. The highest BCUT2D eigenvalue weighted by molar-refractivity contribution is 6.07. The summed E-state index contributed by atoms with van der Waals surface area (Å²) in [5.74, 6) is 0.918. The number of aromatic amines is 1. The summed E-state index contributed by atoms with van der Waals surface area (Å²) < 4.78 is 18.6. The molecule has 9 heteroatoms. The van der Waals surface area contributed by atoms with Gasteiger partial charge in [-0.1, -0.05) is 6.07 Å². The van der Waals surface area contributed by atoms with Crippen LogP contribution in [-0.4, -0.2) is 34.4 Å². The summed E-state index contributed by atoms with van der Waals surface area (Å²) in [6.07, 6.45) is 5.39. The number of carbonyl (C=O) groups excluding carboxylic acids is 2. The van der Waals surface area contributed by atoms with Crippen molar-refractivity contribution in [3.05, 3.63) is 97.1 Å². The third-order valence-corrected chi connectivity index (χ3v) is 6.45. The molecule has 1 fully saturated rings. The number of aldehydes is 1. The maximum absolute atomic E-state index is 12.6. The van der Waals surface area contributed by atoms with Crippen LogP contribution < -0.4 is 15.4 Å². The third-order valence-electron chi connectivity index (χ3n) is 6.45. The topological polar surface area (TPSA) is 109 Å². The zero-order chi connectivity index (χ0) is 27.2. The van der Waals surface area contributed by atoms with Gasteiger partial charge in [0.15, 0.2) is 0 Å². The number of nitrogens with one attached hydrogen (secondary N) is 3. The Morgan fingerprint density at radius 1 is 0.974 bits per heavy atom. The average molecular weight is 524 g/mol. The highest BCUT2D eigenvalue weighted by Crippen LogP contribution is 2.44. The molecule has 6 rings (SSSR count). The van der Waals surface area contributed by atoms with Crippen molar-refractivity contribution in [3.63, 3.8) is 0 Å². The van der Waals surface area contributed by atoms with Crippen molar-refractivity contribution in [3.8, 4) is 22.8 Å². The number of hydrogen-bond donors (Lipinski definition) is 3. The van der Waals surface area contributed by atoms with Gasteiger partial charge in [0.1, 0.15) is 29.0 Å². The fourth-order valence-corrected chi connectivity index (χ4v) is 3.93. The summed E-state index contributed by atoms with van der Waals surface area (Å²) in [5.41, 5.74) is 3.62. The Hall–Kier alpha value is -5.05. The number of hydrogen-bond acceptors (Lipinski definition) is 6. The van der Waals surface area contributed by atoms with Gasteiger partial charge in [0.25, 0.3) is 0 Å². The predicted octanol–water partition coefficient (Wildman–Crippen LogP) is 6.20. The summed E-state index contributed by atoms with van der Waals surface area (Å²) in [7, 11) is 1.89. The lowest BCUT2D eigenvalue weighted by Crippen LogP contribution is -2.25. The summed E-state index contributed by atoms with van der Waals surface area (Å²) in [4.78, 5) is 26.7. The van der Waals surface area contributed by atoms with Gasteiger partial charge >= 0.3 is 0 Å². The van der Waals surface area contributed by atoms with Gasteiger partial charge in [-0.2, -0.15) is 5.10 Å². The van der Waals surface area contributed by atoms with Crippen molar-refractivity contribution in [2.75, 3.05) is 17.7 Å². The van der Waals surface area contributed by atoms with E-state index in [1.54, 1.807) is 12.4 Å². The van der Waals surface area contributed by atoms with E-state index < -0.39 is 5.41 Å². The predicted molar refractivity (Wildman–Crippen MR) is 148 cm³/mol. The summed E-state index contributed by atoms with van der Waals surface area (Å²) >= 11 is 0. The molecule has 0 saturated heterocycles. The van der Waals surface area contributed by atoms with Crippen molar-refractivity contribution >= 4 is 34.5 Å². The van der Waals surface area contributed by atoms with Crippen LogP contribution in [0.2, 0.25) is 0 Å². The largest absolute Gasteiger partial charge is 0.457 e. The number of ether oxygens (including phenoxy) is 1. The minimum Gasteiger partial charge on any atom is -0.457 e. The van der Waals surface area contributed by atoms with Crippen LogP contribution in [0.25, 0.3) is 22.2 Å². The van der Waals surface area contributed by atoms with E-state index in [-0.39, 0.29) is 11.7 Å². The van der Waals surface area contributed by atoms with E-state index in [0.717, 1.165) is 39.3 Å². The molecule has 1 amide bonds. The molecule has 2 heterocycles. The molecule has 0 bridgehead atoms. The molecule has 3 aromatic carbocycles. The van der Waals surface area contributed by atoms with Gasteiger partial charge in [0.05, 0.1) is 11.2 Å². The Kier molecular flexibility index (Phi) is 7.31. The fourth-order valence-electron chi connectivity index (χ4n) is 3.93. The lowest BCUT2D eigenvalue weighted by molar-refractivity contribution is -0.126. The van der Waals surface area contributed by atoms with Gasteiger partial charge in [0.2, 0.25) is 5.91 Å². The standard InChI is InChI=1S/C19H16N4O.C11H10FNO2/c1-20-14-3-5-15(6-4-14)24-19-9-10-21-18-12-13(2-7-16(18)19)17-8-11-22-23-17;12-8-1-3-9(4-2-8)13-10(15)11(7-14)5-6-11/h2-12,20H,1H3,(H,22,23);1-4,7H,5-6H2,(H,13,15). The minimum absolute atomic E-state index is 0.302. The van der Waals surface area contributed by atoms with Crippen LogP contribution in [-0.2, 0) is 9.59 Å². The van der Waals surface area contributed by atoms with E-state index in [1.807, 2.05) is 61.6 Å². The van der Waals surface area contributed by atoms with E-state index in [2.05, 4.69) is 25.8 Å². The lowest BCUT2D eigenvalue weighted by Gasteiger charge is -2.10. The zero-order valence-corrected chi connectivity index (χ0v) is 21.1. The SMILES string of the molecule is CNc1ccc(Oc2ccnc3cc(-c4ccn[nH]4)ccc23)cc1.O=CC1(C(=O)Nc2ccc(F)cc2)CC1. The van der Waals surface area contributed by atoms with Gasteiger partial charge in [0, 0.05) is 41.8 Å². The van der Waals surface area contributed by atoms with Crippen LogP contribution in [0.5, 0.6) is 11.5 Å². The van der Waals surface area contributed by atoms with Gasteiger partial charge in [-0.25, -0.2) is 4.39 Å². The molecule has 0 unspecified atom stereocenters. The van der Waals surface area contributed by atoms with Gasteiger partial charge in [-0.05, 0) is 85.6 Å². The number of benzene rings is 3. The van der Waals surface area contributed by atoms with Crippen LogP contribution in [0, 0.1) is 11.2 Å². The monoisotopic (exact) mass is 523 g/mol. The quantitative estimate of drug-likeness (QED) is 0.173. The van der Waals surface area contributed by atoms with Gasteiger partial charge in [-0.3, -0.25) is 14.9 Å². The number of H-pyrrole nitrogens is 1. The van der Waals surface area contributed by atoms with Gasteiger partial charge < -0.3 is 20.2 Å². The number of amides is 1. The summed E-state index contributed by atoms with van der Waals surface area (Å²) in [6.45, 7) is 0. The Morgan fingerprint density at radius 2 is 1.72 bits per heavy atom. The maximum atomic E-state index is 12.6. The highest BCUT2D eigenvalue weighted by atomic mass is 19.1. The van der Waals surface area contributed by atoms with Crippen LogP contribution in [0.4, 0.5) is 15.8 Å². The zero-order valence-electron chi connectivity index (χ0n) is 21.1. The molecule has 1 saturated carbocycles. The molecule has 1 aliphatic carbocycles. The van der Waals surface area contributed by atoms with E-state index >= 15 is 0 Å². The number of carbonyl (C=O) groups is 2. The molecule has 3 N–H and O–H groups in total. The van der Waals surface area contributed by atoms with E-state index in [9.17, 15) is 14.0 Å². The Labute approximate surface area is 224 Å². The van der Waals surface area contributed by atoms with Crippen LogP contribution in [0.15, 0.2) is 91.3 Å². The second kappa shape index (κ2) is 11.1. The molecule has 0 atom stereocenters. The average Bonchev–Trinajstić information content (AvgIpc) is 3.59. The first-order valence-electron chi connectivity index (χ1n) is 12.4. The van der Waals surface area contributed by atoms with Crippen LogP contribution in [0.3, 0.4) is 0 Å². The fraction of sp³-hybridized carbons (Fsp3) is 0.133. The number of aromatic nitrogens is 3. The Bertz CT molecular complexity index is 1580. The molecule has 0 spiro atoms. The number of halogens is 1. The van der Waals surface area contributed by atoms with Crippen LogP contribution in [0.1, 0.15) is 12.8 Å². The second-order valence-electron chi connectivity index (χ2n) is 9.12. The maximum Gasteiger partial charge on any atom is 0.237 e. The molecular weight excluding hydrogens is 497 g/mol. The molecular formula is C30H26FN5O3. The molecule has 1 aliphatic rings. The number of rotatable bonds is 7. The molecule has 39 heavy (non-hydrogen) atoms. The Balaban J connectivity index is 0.000000177. The van der Waals surface area contributed by atoms with E-state index in [4.69, 9.17) is 4.74 Å². The van der Waals surface area contributed by atoms with Crippen molar-refractivity contribution in [1.82, 2.24) is 15.2 Å². The number of nitrogens with zero attached hydrogens (tertiary/aromatic N) is 2. The first kappa shape index (κ1) is 25.6. The van der Waals surface area contributed by atoms with E-state index in [0.29, 0.717) is 24.8 Å². The Morgan fingerprint density at radius 3 is 2.36 bits per heavy atom. The third kappa shape index (κ3) is 5.93. The highest BCUT2D eigenvalue weighted by Gasteiger charge is 2.50. The minimum atomic E-state index is -0.825. The molecule has 196 valence electrons. The molecule has 0 radical (unpaired) electrons. The normalized spacial score (nSPS) is 13.1. The van der Waals surface area contributed by atoms with Crippen molar-refractivity contribution < 1.29 is 18.7 Å². The van der Waals surface area contributed by atoms with Gasteiger partial charge in [-0.15, -0.1) is 0 Å². The molecule has 2 aromatic heterocycles. The number of anilines is 2. The smallest absolute Gasteiger partial charge is 0.237 e.